The number of nitrogens with zero attached hydrogens (tertiary/aromatic N) is 2. The molecule has 16 heteroatoms. The van der Waals surface area contributed by atoms with Crippen molar-refractivity contribution in [2.24, 2.45) is 5.92 Å². The van der Waals surface area contributed by atoms with Crippen LogP contribution in [0.1, 0.15) is 68.8 Å². The lowest BCUT2D eigenvalue weighted by Crippen LogP contribution is -2.48. The Balaban J connectivity index is 1.85. The third-order valence-corrected chi connectivity index (χ3v) is 8.23. The number of urea groups is 1. The zero-order valence-corrected chi connectivity index (χ0v) is 28.4. The van der Waals surface area contributed by atoms with Gasteiger partial charge in [0, 0.05) is 50.5 Å². The Morgan fingerprint density at radius 3 is 2.30 bits per heavy atom. The molecule has 1 aliphatic heterocycles. The smallest absolute Gasteiger partial charge is 0.416 e. The third kappa shape index (κ3) is 12.4. The van der Waals surface area contributed by atoms with E-state index in [0.717, 1.165) is 24.3 Å². The van der Waals surface area contributed by atoms with E-state index in [1.165, 1.54) is 35.0 Å². The number of nitrogens with one attached hydrogen (secondary N) is 2. The molecule has 3 rings (SSSR count). The zero-order chi connectivity index (χ0) is 37.2. The lowest BCUT2D eigenvalue weighted by molar-refractivity contribution is -0.142. The standard InChI is InChI=1S/C34H44F6N4O6/c1-21-18-44(22(2)20-45)31(47)27-17-26(41-30(46)14-15-33(35,36)37)12-13-28(27)50-23(3)7-5-6-16-49-29(21)19-43(4)32(48)42-25-10-8-24(9-11-25)34(38,39)40/h8-13,17,21-23,29,45H,5-7,14-16,18-20H2,1-4H3,(H,41,46)(H,42,48)/t21-,22+,23+,29-/m1/s1. The van der Waals surface area contributed by atoms with Crippen molar-refractivity contribution in [2.45, 2.75) is 83.5 Å². The molecule has 0 aromatic heterocycles. The summed E-state index contributed by atoms with van der Waals surface area (Å²) < 4.78 is 89.2. The van der Waals surface area contributed by atoms with E-state index in [4.69, 9.17) is 9.47 Å². The number of likely N-dealkylation sites (N-methyl/N-ethyl adjacent to an activating group) is 1. The van der Waals surface area contributed by atoms with Crippen LogP contribution in [0.15, 0.2) is 42.5 Å². The molecule has 4 atom stereocenters. The van der Waals surface area contributed by atoms with Crippen LogP contribution in [0.2, 0.25) is 0 Å². The summed E-state index contributed by atoms with van der Waals surface area (Å²) in [6.45, 7) is 5.24. The summed E-state index contributed by atoms with van der Waals surface area (Å²) >= 11 is 0. The van der Waals surface area contributed by atoms with Crippen molar-refractivity contribution in [2.75, 3.05) is 44.0 Å². The average molecular weight is 719 g/mol. The maximum absolute atomic E-state index is 14.2. The van der Waals surface area contributed by atoms with Crippen LogP contribution in [0.25, 0.3) is 0 Å². The number of rotatable bonds is 8. The highest BCUT2D eigenvalue weighted by molar-refractivity contribution is 5.99. The van der Waals surface area contributed by atoms with Gasteiger partial charge in [-0.05, 0) is 75.6 Å². The summed E-state index contributed by atoms with van der Waals surface area (Å²) in [4.78, 5) is 42.2. The van der Waals surface area contributed by atoms with Crippen LogP contribution in [0.5, 0.6) is 5.75 Å². The minimum atomic E-state index is -4.52. The van der Waals surface area contributed by atoms with Crippen molar-refractivity contribution in [3.8, 4) is 5.75 Å². The Bertz CT molecular complexity index is 1440. The minimum Gasteiger partial charge on any atom is -0.490 e. The maximum atomic E-state index is 14.2. The van der Waals surface area contributed by atoms with Gasteiger partial charge in [-0.3, -0.25) is 9.59 Å². The first-order valence-corrected chi connectivity index (χ1v) is 16.3. The van der Waals surface area contributed by atoms with Crippen LogP contribution < -0.4 is 15.4 Å². The number of carbonyl (C=O) groups excluding carboxylic acids is 3. The van der Waals surface area contributed by atoms with E-state index in [1.807, 2.05) is 6.92 Å². The summed E-state index contributed by atoms with van der Waals surface area (Å²) in [6, 6.07) is 6.95. The van der Waals surface area contributed by atoms with Crippen molar-refractivity contribution in [3.05, 3.63) is 53.6 Å². The minimum absolute atomic E-state index is 0.0283. The Morgan fingerprint density at radius 2 is 1.68 bits per heavy atom. The predicted octanol–water partition coefficient (Wildman–Crippen LogP) is 6.95. The van der Waals surface area contributed by atoms with Gasteiger partial charge in [-0.2, -0.15) is 26.3 Å². The number of carbonyl (C=O) groups is 3. The Morgan fingerprint density at radius 1 is 1.02 bits per heavy atom. The number of halogens is 6. The molecule has 2 aromatic rings. The molecule has 10 nitrogen and oxygen atoms in total. The van der Waals surface area contributed by atoms with Gasteiger partial charge >= 0.3 is 18.4 Å². The maximum Gasteiger partial charge on any atom is 0.416 e. The number of anilines is 2. The second-order valence-electron chi connectivity index (χ2n) is 12.6. The van der Waals surface area contributed by atoms with Crippen LogP contribution in [-0.4, -0.2) is 90.5 Å². The molecule has 0 bridgehead atoms. The first-order chi connectivity index (χ1) is 23.4. The molecule has 2 aromatic carbocycles. The molecule has 0 radical (unpaired) electrons. The van der Waals surface area contributed by atoms with Gasteiger partial charge in [-0.15, -0.1) is 0 Å². The topological polar surface area (TPSA) is 120 Å². The zero-order valence-electron chi connectivity index (χ0n) is 28.4. The molecule has 0 unspecified atom stereocenters. The fraction of sp³-hybridized carbons (Fsp3) is 0.559. The first kappa shape index (κ1) is 40.4. The Labute approximate surface area is 287 Å². The molecule has 1 aliphatic rings. The fourth-order valence-corrected chi connectivity index (χ4v) is 5.26. The lowest BCUT2D eigenvalue weighted by atomic mass is 10.0. The number of aliphatic hydroxyl groups is 1. The Hall–Kier alpha value is -4.05. The van der Waals surface area contributed by atoms with E-state index in [-0.39, 0.29) is 41.9 Å². The third-order valence-electron chi connectivity index (χ3n) is 8.23. The molecule has 0 spiro atoms. The summed E-state index contributed by atoms with van der Waals surface area (Å²) in [5.74, 6) is -1.68. The molecule has 0 saturated carbocycles. The summed E-state index contributed by atoms with van der Waals surface area (Å²) in [5, 5.41) is 15.1. The SMILES string of the molecule is C[C@@H]1CN([C@@H](C)CO)C(=O)c2cc(NC(=O)CCC(F)(F)F)ccc2O[C@@H](C)CCCCO[C@@H]1CN(C)C(=O)Nc1ccc(C(F)(F)F)cc1. The molecular weight excluding hydrogens is 674 g/mol. The van der Waals surface area contributed by atoms with Crippen molar-refractivity contribution in [1.29, 1.82) is 0 Å². The average Bonchev–Trinajstić information content (AvgIpc) is 3.04. The molecule has 278 valence electrons. The number of aliphatic hydroxyl groups excluding tert-OH is 1. The second kappa shape index (κ2) is 17.7. The first-order valence-electron chi connectivity index (χ1n) is 16.3. The van der Waals surface area contributed by atoms with Gasteiger partial charge in [0.15, 0.2) is 0 Å². The van der Waals surface area contributed by atoms with E-state index in [9.17, 15) is 45.8 Å². The second-order valence-corrected chi connectivity index (χ2v) is 12.6. The molecule has 0 aliphatic carbocycles. The summed E-state index contributed by atoms with van der Waals surface area (Å²) in [6.07, 6.45) is -10.2. The van der Waals surface area contributed by atoms with Crippen LogP contribution in [-0.2, 0) is 15.7 Å². The Kier molecular flexibility index (Phi) is 14.3. The number of ether oxygens (including phenoxy) is 2. The molecule has 0 fully saturated rings. The van der Waals surface area contributed by atoms with Crippen LogP contribution in [0.3, 0.4) is 0 Å². The van der Waals surface area contributed by atoms with Crippen LogP contribution in [0, 0.1) is 5.92 Å². The van der Waals surface area contributed by atoms with Gasteiger partial charge in [0.25, 0.3) is 5.91 Å². The van der Waals surface area contributed by atoms with E-state index >= 15 is 0 Å². The van der Waals surface area contributed by atoms with Crippen molar-refractivity contribution in [1.82, 2.24) is 9.80 Å². The van der Waals surface area contributed by atoms with Gasteiger partial charge < -0.3 is 35.0 Å². The number of fused-ring (bicyclic) bond motifs is 1. The highest BCUT2D eigenvalue weighted by atomic mass is 19.4. The number of hydrogen-bond donors (Lipinski definition) is 3. The number of benzene rings is 2. The van der Waals surface area contributed by atoms with E-state index in [2.05, 4.69) is 10.6 Å². The monoisotopic (exact) mass is 718 g/mol. The van der Waals surface area contributed by atoms with Gasteiger partial charge in [-0.1, -0.05) is 6.92 Å². The number of amides is 4. The number of hydrogen-bond acceptors (Lipinski definition) is 6. The predicted molar refractivity (Wildman–Crippen MR) is 174 cm³/mol. The normalized spacial score (nSPS) is 20.2. The van der Waals surface area contributed by atoms with Gasteiger partial charge in [0.1, 0.15) is 5.75 Å². The fourth-order valence-electron chi connectivity index (χ4n) is 5.26. The summed E-state index contributed by atoms with van der Waals surface area (Å²) in [7, 11) is 1.50. The van der Waals surface area contributed by atoms with Crippen LogP contribution in [0.4, 0.5) is 42.5 Å². The summed E-state index contributed by atoms with van der Waals surface area (Å²) in [5.41, 5.74) is -0.574. The largest absolute Gasteiger partial charge is 0.490 e. The molecular formula is C34H44F6N4O6. The molecule has 1 heterocycles. The van der Waals surface area contributed by atoms with E-state index < -0.39 is 73.3 Å². The van der Waals surface area contributed by atoms with Gasteiger partial charge in [0.2, 0.25) is 5.91 Å². The molecule has 3 N–H and O–H groups in total. The lowest BCUT2D eigenvalue weighted by Gasteiger charge is -2.35. The highest BCUT2D eigenvalue weighted by Gasteiger charge is 2.33. The molecule has 4 amide bonds. The van der Waals surface area contributed by atoms with Crippen molar-refractivity contribution < 1.29 is 55.3 Å². The van der Waals surface area contributed by atoms with Crippen molar-refractivity contribution in [3.63, 3.8) is 0 Å². The number of alkyl halides is 6. The molecule has 0 saturated heterocycles. The quantitative estimate of drug-likeness (QED) is 0.255. The van der Waals surface area contributed by atoms with Crippen LogP contribution >= 0.6 is 0 Å². The van der Waals surface area contributed by atoms with Gasteiger partial charge in [0.05, 0.1) is 42.4 Å². The highest BCUT2D eigenvalue weighted by Crippen LogP contribution is 2.31. The van der Waals surface area contributed by atoms with E-state index in [1.54, 1.807) is 13.8 Å². The van der Waals surface area contributed by atoms with Crippen molar-refractivity contribution >= 4 is 29.2 Å². The van der Waals surface area contributed by atoms with E-state index in [0.29, 0.717) is 25.9 Å². The van der Waals surface area contributed by atoms with Gasteiger partial charge in [-0.25, -0.2) is 4.79 Å². The molecule has 50 heavy (non-hydrogen) atoms.